The lowest BCUT2D eigenvalue weighted by molar-refractivity contribution is 0.0522. The third-order valence-corrected chi connectivity index (χ3v) is 6.34. The second-order valence-corrected chi connectivity index (χ2v) is 10.5. The van der Waals surface area contributed by atoms with Crippen molar-refractivity contribution in [2.24, 2.45) is 5.73 Å². The molecule has 27 heavy (non-hydrogen) atoms. The highest BCUT2D eigenvalue weighted by Crippen LogP contribution is 2.37. The van der Waals surface area contributed by atoms with Crippen LogP contribution in [-0.4, -0.2) is 18.2 Å². The van der Waals surface area contributed by atoms with Crippen molar-refractivity contribution in [1.82, 2.24) is 4.98 Å². The van der Waals surface area contributed by atoms with Crippen LogP contribution in [-0.2, 0) is 21.1 Å². The average molecular weight is 409 g/mol. The van der Waals surface area contributed by atoms with Crippen LogP contribution in [0.25, 0.3) is 11.3 Å². The highest BCUT2D eigenvalue weighted by Gasteiger charge is 2.33. The third-order valence-electron chi connectivity index (χ3n) is 5.28. The predicted octanol–water partition coefficient (Wildman–Crippen LogP) is 5.79. The summed E-state index contributed by atoms with van der Waals surface area (Å²) in [6.07, 6.45) is 1.68. The molecule has 0 spiro atoms. The van der Waals surface area contributed by atoms with Crippen molar-refractivity contribution in [2.45, 2.75) is 70.8 Å². The molecule has 2 aromatic rings. The Morgan fingerprint density at radius 2 is 1.48 bits per heavy atom. The molecular weight excluding hydrogens is 376 g/mol. The van der Waals surface area contributed by atoms with Gasteiger partial charge < -0.3 is 10.5 Å². The van der Waals surface area contributed by atoms with Crippen molar-refractivity contribution in [3.63, 3.8) is 0 Å². The van der Waals surface area contributed by atoms with Gasteiger partial charge in [-0.25, -0.2) is 4.98 Å². The van der Waals surface area contributed by atoms with E-state index in [1.807, 2.05) is 0 Å². The summed E-state index contributed by atoms with van der Waals surface area (Å²) in [6, 6.07) is 6.93. The summed E-state index contributed by atoms with van der Waals surface area (Å²) in [5.41, 5.74) is 11.4. The minimum atomic E-state index is -0.338. The van der Waals surface area contributed by atoms with Crippen LogP contribution in [0.4, 0.5) is 0 Å². The fraction of sp³-hybridized carbons (Fsp3) is 0.591. The SMILES string of the molecule is CC(C)(C)c1cc(-c2csc(C3(N)CCOCC3)n2)cc(C(C)(C)C)c1.Cl. The number of benzene rings is 1. The van der Waals surface area contributed by atoms with Gasteiger partial charge in [0.05, 0.1) is 11.2 Å². The molecule has 0 saturated carbocycles. The Balaban J connectivity index is 0.00000261. The molecule has 0 atom stereocenters. The summed E-state index contributed by atoms with van der Waals surface area (Å²) < 4.78 is 5.48. The van der Waals surface area contributed by atoms with Crippen molar-refractivity contribution in [1.29, 1.82) is 0 Å². The quantitative estimate of drug-likeness (QED) is 0.683. The molecule has 2 N–H and O–H groups in total. The van der Waals surface area contributed by atoms with Crippen molar-refractivity contribution >= 4 is 23.7 Å². The first kappa shape index (κ1) is 22.4. The summed E-state index contributed by atoms with van der Waals surface area (Å²) in [5, 5.41) is 3.20. The Hall–Kier alpha value is -0.940. The molecule has 150 valence electrons. The molecule has 1 aliphatic rings. The van der Waals surface area contributed by atoms with Gasteiger partial charge in [-0.05, 0) is 46.9 Å². The molecule has 1 saturated heterocycles. The van der Waals surface area contributed by atoms with Crippen molar-refractivity contribution < 1.29 is 4.74 Å². The van der Waals surface area contributed by atoms with E-state index in [1.54, 1.807) is 11.3 Å². The van der Waals surface area contributed by atoms with E-state index in [4.69, 9.17) is 15.5 Å². The summed E-state index contributed by atoms with van der Waals surface area (Å²) >= 11 is 1.68. The maximum absolute atomic E-state index is 6.64. The van der Waals surface area contributed by atoms with Crippen LogP contribution >= 0.6 is 23.7 Å². The fourth-order valence-electron chi connectivity index (χ4n) is 3.23. The predicted molar refractivity (Wildman–Crippen MR) is 118 cm³/mol. The maximum Gasteiger partial charge on any atom is 0.113 e. The first-order valence-electron chi connectivity index (χ1n) is 9.48. The summed E-state index contributed by atoms with van der Waals surface area (Å²) in [4.78, 5) is 4.96. The van der Waals surface area contributed by atoms with E-state index in [0.717, 1.165) is 36.8 Å². The van der Waals surface area contributed by atoms with Gasteiger partial charge in [0, 0.05) is 24.2 Å². The number of hydrogen-bond donors (Lipinski definition) is 1. The molecule has 1 fully saturated rings. The van der Waals surface area contributed by atoms with E-state index in [1.165, 1.54) is 16.7 Å². The van der Waals surface area contributed by atoms with Gasteiger partial charge in [-0.1, -0.05) is 47.6 Å². The van der Waals surface area contributed by atoms with Gasteiger partial charge in [0.1, 0.15) is 5.01 Å². The minimum absolute atomic E-state index is 0. The molecule has 0 aliphatic carbocycles. The number of hydrogen-bond acceptors (Lipinski definition) is 4. The Bertz CT molecular complexity index is 748. The summed E-state index contributed by atoms with van der Waals surface area (Å²) in [6.45, 7) is 15.0. The molecule has 5 heteroatoms. The lowest BCUT2D eigenvalue weighted by atomic mass is 9.79. The monoisotopic (exact) mass is 408 g/mol. The van der Waals surface area contributed by atoms with Crippen LogP contribution in [0, 0.1) is 0 Å². The number of thiazole rings is 1. The van der Waals surface area contributed by atoms with Gasteiger partial charge in [0.2, 0.25) is 0 Å². The molecule has 3 nitrogen and oxygen atoms in total. The second-order valence-electron chi connectivity index (χ2n) is 9.61. The third kappa shape index (κ3) is 4.92. The second kappa shape index (κ2) is 7.82. The van der Waals surface area contributed by atoms with E-state index in [9.17, 15) is 0 Å². The number of nitrogens with two attached hydrogens (primary N) is 1. The molecule has 0 radical (unpaired) electrons. The molecule has 1 aromatic heterocycles. The van der Waals surface area contributed by atoms with Crippen LogP contribution in [0.2, 0.25) is 0 Å². The number of nitrogens with zero attached hydrogens (tertiary/aromatic N) is 1. The highest BCUT2D eigenvalue weighted by molar-refractivity contribution is 7.10. The van der Waals surface area contributed by atoms with Crippen molar-refractivity contribution in [2.75, 3.05) is 13.2 Å². The standard InChI is InChI=1S/C22H32N2OS.ClH/c1-20(2,3)16-11-15(12-17(13-16)21(4,5)6)18-14-26-19(24-18)22(23)7-9-25-10-8-22;/h11-14H,7-10,23H2,1-6H3;1H. The number of rotatable bonds is 2. The average Bonchev–Trinajstić information content (AvgIpc) is 3.04. The zero-order valence-electron chi connectivity index (χ0n) is 17.4. The lowest BCUT2D eigenvalue weighted by Crippen LogP contribution is -2.42. The Morgan fingerprint density at radius 3 is 1.96 bits per heavy atom. The van der Waals surface area contributed by atoms with Crippen molar-refractivity contribution in [3.05, 3.63) is 39.7 Å². The van der Waals surface area contributed by atoms with Crippen LogP contribution in [0.3, 0.4) is 0 Å². The van der Waals surface area contributed by atoms with E-state index < -0.39 is 0 Å². The fourth-order valence-corrected chi connectivity index (χ4v) is 4.23. The molecule has 0 unspecified atom stereocenters. The van der Waals surface area contributed by atoms with Gasteiger partial charge in [-0.3, -0.25) is 0 Å². The number of aromatic nitrogens is 1. The topological polar surface area (TPSA) is 48.1 Å². The largest absolute Gasteiger partial charge is 0.381 e. The molecule has 1 aromatic carbocycles. The van der Waals surface area contributed by atoms with Crippen LogP contribution in [0.5, 0.6) is 0 Å². The summed E-state index contributed by atoms with van der Waals surface area (Å²) in [5.74, 6) is 0. The van der Waals surface area contributed by atoms with Gasteiger partial charge in [0.15, 0.2) is 0 Å². The molecule has 1 aliphatic heterocycles. The zero-order chi connectivity index (χ0) is 19.2. The van der Waals surface area contributed by atoms with Gasteiger partial charge >= 0.3 is 0 Å². The van der Waals surface area contributed by atoms with Gasteiger partial charge in [-0.15, -0.1) is 23.7 Å². The van der Waals surface area contributed by atoms with E-state index >= 15 is 0 Å². The molecule has 0 bridgehead atoms. The van der Waals surface area contributed by atoms with Gasteiger partial charge in [-0.2, -0.15) is 0 Å². The number of ether oxygens (including phenoxy) is 1. The Kier molecular flexibility index (Phi) is 6.48. The first-order valence-corrected chi connectivity index (χ1v) is 10.4. The lowest BCUT2D eigenvalue weighted by Gasteiger charge is -2.31. The van der Waals surface area contributed by atoms with Crippen molar-refractivity contribution in [3.8, 4) is 11.3 Å². The smallest absolute Gasteiger partial charge is 0.113 e. The normalized spacial score (nSPS) is 17.4. The molecular formula is C22H33ClN2OS. The highest BCUT2D eigenvalue weighted by atomic mass is 35.5. The zero-order valence-corrected chi connectivity index (χ0v) is 19.0. The van der Waals surface area contributed by atoms with Crippen LogP contribution in [0.1, 0.15) is 70.5 Å². The van der Waals surface area contributed by atoms with Crippen LogP contribution in [0.15, 0.2) is 23.6 Å². The molecule has 0 amide bonds. The molecule has 3 rings (SSSR count). The Morgan fingerprint density at radius 1 is 0.963 bits per heavy atom. The first-order chi connectivity index (χ1) is 12.0. The minimum Gasteiger partial charge on any atom is -0.381 e. The van der Waals surface area contributed by atoms with E-state index in [-0.39, 0.29) is 28.8 Å². The molecule has 2 heterocycles. The summed E-state index contributed by atoms with van der Waals surface area (Å²) in [7, 11) is 0. The Labute approximate surface area is 174 Å². The van der Waals surface area contributed by atoms with E-state index in [0.29, 0.717) is 0 Å². The maximum atomic E-state index is 6.64. The number of halogens is 1. The van der Waals surface area contributed by atoms with Gasteiger partial charge in [0.25, 0.3) is 0 Å². The van der Waals surface area contributed by atoms with Crippen LogP contribution < -0.4 is 5.73 Å². The van der Waals surface area contributed by atoms with E-state index in [2.05, 4.69) is 65.1 Å².